The van der Waals surface area contributed by atoms with Gasteiger partial charge >= 0.3 is 0 Å². The highest BCUT2D eigenvalue weighted by molar-refractivity contribution is 9.10. The lowest BCUT2D eigenvalue weighted by atomic mass is 10.0. The number of aliphatic hydroxyl groups is 1. The maximum atomic E-state index is 10.2. The molecule has 0 aliphatic heterocycles. The van der Waals surface area contributed by atoms with E-state index >= 15 is 0 Å². The van der Waals surface area contributed by atoms with E-state index in [4.69, 9.17) is 11.6 Å². The molecular weight excluding hydrogens is 312 g/mol. The smallest absolute Gasteiger partial charge is 0.0830 e. The van der Waals surface area contributed by atoms with E-state index < -0.39 is 6.10 Å². The van der Waals surface area contributed by atoms with E-state index in [9.17, 15) is 5.11 Å². The summed E-state index contributed by atoms with van der Waals surface area (Å²) in [7, 11) is 0. The molecule has 0 radical (unpaired) electrons. The molecule has 18 heavy (non-hydrogen) atoms. The molecule has 2 aromatic rings. The summed E-state index contributed by atoms with van der Waals surface area (Å²) in [6, 6.07) is 13.6. The number of aliphatic hydroxyl groups excluding tert-OH is 1. The lowest BCUT2D eigenvalue weighted by molar-refractivity contribution is 0.178. The van der Waals surface area contributed by atoms with Gasteiger partial charge in [-0.1, -0.05) is 51.8 Å². The Bertz CT molecular complexity index is 537. The molecule has 0 fully saturated rings. The van der Waals surface area contributed by atoms with E-state index in [1.54, 1.807) is 0 Å². The summed E-state index contributed by atoms with van der Waals surface area (Å²) in [5, 5.41) is 10.9. The van der Waals surface area contributed by atoms with Crippen molar-refractivity contribution >= 4 is 27.5 Å². The Hall–Kier alpha value is -0.830. The first kappa shape index (κ1) is 13.6. The molecule has 0 spiro atoms. The molecule has 2 aromatic carbocycles. The Morgan fingerprint density at radius 3 is 2.44 bits per heavy atom. The van der Waals surface area contributed by atoms with Gasteiger partial charge in [0.05, 0.1) is 6.10 Å². The summed E-state index contributed by atoms with van der Waals surface area (Å²) < 4.78 is 1.01. The molecule has 1 nitrogen and oxygen atoms in total. The minimum atomic E-state index is -0.529. The van der Waals surface area contributed by atoms with Crippen molar-refractivity contribution in [2.75, 3.05) is 0 Å². The van der Waals surface area contributed by atoms with Crippen LogP contribution in [0.5, 0.6) is 0 Å². The van der Waals surface area contributed by atoms with Gasteiger partial charge in [-0.15, -0.1) is 0 Å². The third-order valence-electron chi connectivity index (χ3n) is 2.88. The van der Waals surface area contributed by atoms with E-state index in [-0.39, 0.29) is 0 Å². The van der Waals surface area contributed by atoms with Gasteiger partial charge in [0.1, 0.15) is 0 Å². The maximum absolute atomic E-state index is 10.2. The van der Waals surface area contributed by atoms with Crippen molar-refractivity contribution < 1.29 is 5.11 Å². The molecule has 2 rings (SSSR count). The maximum Gasteiger partial charge on any atom is 0.0830 e. The first-order valence-electron chi connectivity index (χ1n) is 5.75. The topological polar surface area (TPSA) is 20.2 Å². The molecule has 0 aromatic heterocycles. The largest absolute Gasteiger partial charge is 0.388 e. The number of hydrogen-bond acceptors (Lipinski definition) is 1. The van der Waals surface area contributed by atoms with Gasteiger partial charge in [-0.3, -0.25) is 0 Å². The zero-order valence-corrected chi connectivity index (χ0v) is 12.4. The lowest BCUT2D eigenvalue weighted by Crippen LogP contribution is -2.02. The van der Waals surface area contributed by atoms with E-state index in [0.29, 0.717) is 11.4 Å². The minimum Gasteiger partial charge on any atom is -0.388 e. The van der Waals surface area contributed by atoms with E-state index in [0.717, 1.165) is 21.2 Å². The Kier molecular flexibility index (Phi) is 4.44. The van der Waals surface area contributed by atoms with Crippen LogP contribution < -0.4 is 0 Å². The van der Waals surface area contributed by atoms with Crippen LogP contribution in [0.15, 0.2) is 46.9 Å². The standard InChI is InChI=1S/C15H14BrClO/c1-10-2-3-12(14(17)8-10)9-15(18)11-4-6-13(16)7-5-11/h2-8,15,18H,9H2,1H3. The van der Waals surface area contributed by atoms with Crippen molar-refractivity contribution in [1.29, 1.82) is 0 Å². The average molecular weight is 326 g/mol. The van der Waals surface area contributed by atoms with Crippen LogP contribution in [0.1, 0.15) is 22.8 Å². The van der Waals surface area contributed by atoms with Crippen LogP contribution in [0.4, 0.5) is 0 Å². The first-order chi connectivity index (χ1) is 8.56. The van der Waals surface area contributed by atoms with Crippen LogP contribution in [0.2, 0.25) is 5.02 Å². The molecule has 1 N–H and O–H groups in total. The van der Waals surface area contributed by atoms with Crippen molar-refractivity contribution in [3.8, 4) is 0 Å². The molecule has 3 heteroatoms. The predicted molar refractivity (Wildman–Crippen MR) is 79.0 cm³/mol. The Balaban J connectivity index is 2.15. The number of hydrogen-bond donors (Lipinski definition) is 1. The molecule has 0 aliphatic rings. The molecule has 0 bridgehead atoms. The SMILES string of the molecule is Cc1ccc(CC(O)c2ccc(Br)cc2)c(Cl)c1. The van der Waals surface area contributed by atoms with Crippen molar-refractivity contribution in [2.24, 2.45) is 0 Å². The molecule has 94 valence electrons. The van der Waals surface area contributed by atoms with Gasteiger partial charge in [-0.2, -0.15) is 0 Å². The number of aryl methyl sites for hydroxylation is 1. The van der Waals surface area contributed by atoms with Gasteiger partial charge in [0.15, 0.2) is 0 Å². The molecule has 0 heterocycles. The number of halogens is 2. The molecule has 1 unspecified atom stereocenters. The van der Waals surface area contributed by atoms with Crippen LogP contribution >= 0.6 is 27.5 Å². The van der Waals surface area contributed by atoms with Crippen LogP contribution in [-0.4, -0.2) is 5.11 Å². The molecular formula is C15H14BrClO. The van der Waals surface area contributed by atoms with E-state index in [2.05, 4.69) is 15.9 Å². The van der Waals surface area contributed by atoms with Crippen LogP contribution in [0.3, 0.4) is 0 Å². The minimum absolute atomic E-state index is 0.529. The monoisotopic (exact) mass is 324 g/mol. The summed E-state index contributed by atoms with van der Waals surface area (Å²) in [4.78, 5) is 0. The van der Waals surface area contributed by atoms with Crippen molar-refractivity contribution in [3.05, 3.63) is 68.7 Å². The summed E-state index contributed by atoms with van der Waals surface area (Å²) in [5.41, 5.74) is 2.99. The van der Waals surface area contributed by atoms with Crippen LogP contribution in [0.25, 0.3) is 0 Å². The van der Waals surface area contributed by atoms with Gasteiger partial charge in [-0.05, 0) is 41.8 Å². The fourth-order valence-corrected chi connectivity index (χ4v) is 2.41. The second kappa shape index (κ2) is 5.87. The van der Waals surface area contributed by atoms with Gasteiger partial charge in [0.25, 0.3) is 0 Å². The normalized spacial score (nSPS) is 12.4. The fraction of sp³-hybridized carbons (Fsp3) is 0.200. The summed E-state index contributed by atoms with van der Waals surface area (Å²) >= 11 is 9.55. The molecule has 1 atom stereocenters. The van der Waals surface area contributed by atoms with Gasteiger partial charge in [0, 0.05) is 15.9 Å². The highest BCUT2D eigenvalue weighted by Gasteiger charge is 2.10. The number of rotatable bonds is 3. The Morgan fingerprint density at radius 2 is 1.83 bits per heavy atom. The summed E-state index contributed by atoms with van der Waals surface area (Å²) in [5.74, 6) is 0. The molecule has 0 aliphatic carbocycles. The number of benzene rings is 2. The van der Waals surface area contributed by atoms with E-state index in [1.807, 2.05) is 49.4 Å². The average Bonchev–Trinajstić information content (AvgIpc) is 2.33. The van der Waals surface area contributed by atoms with Gasteiger partial charge in [-0.25, -0.2) is 0 Å². The Morgan fingerprint density at radius 1 is 1.17 bits per heavy atom. The van der Waals surface area contributed by atoms with Crippen molar-refractivity contribution in [2.45, 2.75) is 19.4 Å². The Labute approximate surface area is 121 Å². The highest BCUT2D eigenvalue weighted by atomic mass is 79.9. The summed E-state index contributed by atoms with van der Waals surface area (Å²) in [6.07, 6.45) is -0.000829. The third kappa shape index (κ3) is 3.35. The highest BCUT2D eigenvalue weighted by Crippen LogP contribution is 2.25. The van der Waals surface area contributed by atoms with Gasteiger partial charge in [0.2, 0.25) is 0 Å². The zero-order valence-electron chi connectivity index (χ0n) is 10.0. The summed E-state index contributed by atoms with van der Waals surface area (Å²) in [6.45, 7) is 2.00. The van der Waals surface area contributed by atoms with E-state index in [1.165, 1.54) is 0 Å². The van der Waals surface area contributed by atoms with Gasteiger partial charge < -0.3 is 5.11 Å². The van der Waals surface area contributed by atoms with Crippen molar-refractivity contribution in [1.82, 2.24) is 0 Å². The zero-order chi connectivity index (χ0) is 13.1. The molecule has 0 saturated carbocycles. The molecule has 0 saturated heterocycles. The first-order valence-corrected chi connectivity index (χ1v) is 6.92. The third-order valence-corrected chi connectivity index (χ3v) is 3.76. The lowest BCUT2D eigenvalue weighted by Gasteiger charge is -2.12. The van der Waals surface area contributed by atoms with Crippen LogP contribution in [-0.2, 0) is 6.42 Å². The predicted octanol–water partition coefficient (Wildman–Crippen LogP) is 4.69. The fourth-order valence-electron chi connectivity index (χ4n) is 1.83. The quantitative estimate of drug-likeness (QED) is 0.868. The van der Waals surface area contributed by atoms with Crippen molar-refractivity contribution in [3.63, 3.8) is 0 Å². The molecule has 0 amide bonds. The second-order valence-corrected chi connectivity index (χ2v) is 5.69. The second-order valence-electron chi connectivity index (χ2n) is 4.37. The van der Waals surface area contributed by atoms with Crippen LogP contribution in [0, 0.1) is 6.92 Å².